The molecule has 5 aliphatic rings. The minimum Gasteiger partial charge on any atom is -0.511 e. The fourth-order valence-corrected chi connectivity index (χ4v) is 6.27. The van der Waals surface area contributed by atoms with Crippen LogP contribution < -0.4 is 10.7 Å². The molecule has 0 saturated carbocycles. The molecule has 1 aliphatic carbocycles. The average molecular weight is 503 g/mol. The molecule has 0 unspecified atom stereocenters. The van der Waals surface area contributed by atoms with Crippen molar-refractivity contribution in [2.45, 2.75) is 67.2 Å². The lowest BCUT2D eigenvalue weighted by Crippen LogP contribution is -2.15. The molecule has 1 aromatic heterocycles. The van der Waals surface area contributed by atoms with Crippen molar-refractivity contribution in [1.82, 2.24) is 4.98 Å². The third kappa shape index (κ3) is 3.41. The van der Waals surface area contributed by atoms with Crippen molar-refractivity contribution in [2.24, 2.45) is 15.0 Å². The topological polar surface area (TPSA) is 73.1 Å². The molecule has 0 radical (unpaired) electrons. The molecule has 4 aliphatic heterocycles. The Morgan fingerprint density at radius 3 is 2.34 bits per heavy atom. The van der Waals surface area contributed by atoms with E-state index in [9.17, 15) is 5.11 Å². The molecule has 0 amide bonds. The van der Waals surface area contributed by atoms with Crippen molar-refractivity contribution in [3.05, 3.63) is 96.3 Å². The lowest BCUT2D eigenvalue weighted by atomic mass is 9.96. The van der Waals surface area contributed by atoms with Gasteiger partial charge in [0, 0.05) is 33.8 Å². The smallest absolute Gasteiger partial charge is 0.106 e. The van der Waals surface area contributed by atoms with Crippen molar-refractivity contribution < 1.29 is 5.11 Å². The predicted molar refractivity (Wildman–Crippen MR) is 159 cm³/mol. The van der Waals surface area contributed by atoms with Gasteiger partial charge in [-0.2, -0.15) is 0 Å². The maximum Gasteiger partial charge on any atom is 0.106 e. The number of H-pyrrole nitrogens is 1. The number of aliphatic imine (C=N–C) groups is 3. The summed E-state index contributed by atoms with van der Waals surface area (Å²) < 4.78 is 0. The zero-order chi connectivity index (χ0) is 26.9. The van der Waals surface area contributed by atoms with E-state index in [0.29, 0.717) is 12.2 Å². The summed E-state index contributed by atoms with van der Waals surface area (Å²) in [5.41, 5.74) is 15.5. The van der Waals surface area contributed by atoms with Crippen LogP contribution in [0.1, 0.15) is 71.4 Å². The molecule has 1 aromatic rings. The fourth-order valence-electron chi connectivity index (χ4n) is 6.27. The Labute approximate surface area is 223 Å². The highest BCUT2D eigenvalue weighted by molar-refractivity contribution is 6.26. The largest absolute Gasteiger partial charge is 0.511 e. The summed E-state index contributed by atoms with van der Waals surface area (Å²) >= 11 is 0. The summed E-state index contributed by atoms with van der Waals surface area (Å²) in [6.07, 6.45) is 11.6. The molecular formula is C33H34N4O. The van der Waals surface area contributed by atoms with Crippen LogP contribution in [0, 0.1) is 6.92 Å². The van der Waals surface area contributed by atoms with Gasteiger partial charge in [-0.05, 0) is 92.2 Å². The van der Waals surface area contributed by atoms with E-state index in [4.69, 9.17) is 15.0 Å². The number of rotatable bonds is 4. The van der Waals surface area contributed by atoms with Gasteiger partial charge in [-0.15, -0.1) is 0 Å². The van der Waals surface area contributed by atoms with Crippen LogP contribution in [-0.2, 0) is 0 Å². The van der Waals surface area contributed by atoms with Gasteiger partial charge in [0.2, 0.25) is 0 Å². The summed E-state index contributed by atoms with van der Waals surface area (Å²) in [7, 11) is 0. The number of fused-ring (bicyclic) bond motifs is 5. The summed E-state index contributed by atoms with van der Waals surface area (Å²) in [4.78, 5) is 19.0. The van der Waals surface area contributed by atoms with Gasteiger partial charge in [0.1, 0.15) is 5.76 Å². The number of aliphatic hydroxyl groups excluding tert-OH is 1. The van der Waals surface area contributed by atoms with Crippen molar-refractivity contribution in [3.63, 3.8) is 0 Å². The number of allylic oxidation sites excluding steroid dienone is 8. The van der Waals surface area contributed by atoms with E-state index in [1.165, 1.54) is 22.3 Å². The van der Waals surface area contributed by atoms with Crippen LogP contribution in [0.2, 0.25) is 0 Å². The maximum absolute atomic E-state index is 11.1. The van der Waals surface area contributed by atoms with Crippen molar-refractivity contribution >= 4 is 35.4 Å². The Morgan fingerprint density at radius 2 is 1.63 bits per heavy atom. The Hall–Kier alpha value is -3.99. The van der Waals surface area contributed by atoms with Gasteiger partial charge in [-0.25, -0.2) is 15.0 Å². The van der Waals surface area contributed by atoms with Crippen LogP contribution in [0.3, 0.4) is 0 Å². The van der Waals surface area contributed by atoms with Gasteiger partial charge in [0.05, 0.1) is 34.2 Å². The Morgan fingerprint density at radius 1 is 0.921 bits per heavy atom. The predicted octanol–water partition coefficient (Wildman–Crippen LogP) is 6.38. The number of nitrogens with zero attached hydrogens (tertiary/aromatic N) is 3. The zero-order valence-electron chi connectivity index (χ0n) is 23.1. The Kier molecular flexibility index (Phi) is 5.64. The molecule has 0 saturated heterocycles. The summed E-state index contributed by atoms with van der Waals surface area (Å²) in [5.74, 6) is 0.381. The quantitative estimate of drug-likeness (QED) is 0.493. The van der Waals surface area contributed by atoms with Crippen LogP contribution in [0.15, 0.2) is 89.5 Å². The number of aromatic amines is 1. The standard InChI is InChI=1S/C33H34N4O/c1-8-11-22-18(6)26-13-24-16(4)20(9-2)28(34-24)14-25-17(5)21(10-3)29(35-25)15-27-19(7)31-30(38)12-23(32(22)36-26)33(31)37-27/h9,13-15,34,38H,2,8,10-12H2,1,3-7H3. The van der Waals surface area contributed by atoms with Crippen LogP contribution in [0.4, 0.5) is 0 Å². The van der Waals surface area contributed by atoms with Crippen molar-refractivity contribution in [1.29, 1.82) is 0 Å². The molecule has 192 valence electrons. The van der Waals surface area contributed by atoms with Crippen LogP contribution in [0.5, 0.6) is 0 Å². The van der Waals surface area contributed by atoms with E-state index in [1.54, 1.807) is 0 Å². The molecular weight excluding hydrogens is 468 g/mol. The van der Waals surface area contributed by atoms with E-state index in [-0.39, 0.29) is 0 Å². The number of hydrogen-bond acceptors (Lipinski definition) is 4. The molecule has 0 fully saturated rings. The summed E-state index contributed by atoms with van der Waals surface area (Å²) in [6.45, 7) is 17.0. The second-order valence-corrected chi connectivity index (χ2v) is 10.6. The molecule has 0 spiro atoms. The highest BCUT2D eigenvalue weighted by atomic mass is 16.3. The minimum absolute atomic E-state index is 0.381. The molecule has 6 rings (SSSR count). The van der Waals surface area contributed by atoms with Gasteiger partial charge < -0.3 is 10.1 Å². The first-order chi connectivity index (χ1) is 18.3. The van der Waals surface area contributed by atoms with Crippen LogP contribution >= 0.6 is 0 Å². The molecule has 0 atom stereocenters. The van der Waals surface area contributed by atoms with Crippen molar-refractivity contribution in [2.75, 3.05) is 0 Å². The second-order valence-electron chi connectivity index (χ2n) is 10.6. The SMILES string of the molecule is C=Cc1c(C)c2[nH]c1=CC1=NC(=CC3=C(C)C4=C(O)CC(=C5N=C(C=2)C(C)=C5CCC)C4=N3)C(CC)=C1C. The Balaban J connectivity index is 1.72. The lowest BCUT2D eigenvalue weighted by Gasteiger charge is -2.08. The van der Waals surface area contributed by atoms with Crippen LogP contribution in [0.25, 0.3) is 18.2 Å². The molecule has 0 aromatic carbocycles. The number of aliphatic hydroxyl groups is 1. The monoisotopic (exact) mass is 502 g/mol. The lowest BCUT2D eigenvalue weighted by molar-refractivity contribution is 0.400. The maximum atomic E-state index is 11.1. The number of nitrogens with one attached hydrogen (secondary N) is 1. The third-order valence-corrected chi connectivity index (χ3v) is 8.44. The van der Waals surface area contributed by atoms with E-state index in [1.807, 2.05) is 6.08 Å². The van der Waals surface area contributed by atoms with E-state index >= 15 is 0 Å². The van der Waals surface area contributed by atoms with Gasteiger partial charge in [0.15, 0.2) is 0 Å². The molecule has 5 heteroatoms. The highest BCUT2D eigenvalue weighted by Gasteiger charge is 2.36. The molecule has 2 N–H and O–H groups in total. The summed E-state index contributed by atoms with van der Waals surface area (Å²) in [6, 6.07) is 0. The number of aromatic nitrogens is 1. The fraction of sp³-hybridized carbons (Fsp3) is 0.303. The molecule has 5 heterocycles. The zero-order valence-corrected chi connectivity index (χ0v) is 23.1. The van der Waals surface area contributed by atoms with E-state index < -0.39 is 0 Å². The first-order valence-electron chi connectivity index (χ1n) is 13.6. The Bertz CT molecular complexity index is 1770. The minimum atomic E-state index is 0.381. The third-order valence-electron chi connectivity index (χ3n) is 8.44. The van der Waals surface area contributed by atoms with Gasteiger partial charge in [0.25, 0.3) is 0 Å². The second kappa shape index (κ2) is 8.80. The van der Waals surface area contributed by atoms with E-state index in [0.717, 1.165) is 92.0 Å². The normalized spacial score (nSPS) is 20.3. The van der Waals surface area contributed by atoms with Crippen LogP contribution in [-0.4, -0.2) is 27.2 Å². The molecule has 8 bridgehead atoms. The van der Waals surface area contributed by atoms with Gasteiger partial charge in [-0.3, -0.25) is 0 Å². The first kappa shape index (κ1) is 24.4. The van der Waals surface area contributed by atoms with Gasteiger partial charge in [-0.1, -0.05) is 32.9 Å². The van der Waals surface area contributed by atoms with Gasteiger partial charge >= 0.3 is 0 Å². The van der Waals surface area contributed by atoms with E-state index in [2.05, 4.69) is 71.3 Å². The molecule has 38 heavy (non-hydrogen) atoms. The highest BCUT2D eigenvalue weighted by Crippen LogP contribution is 2.44. The summed E-state index contributed by atoms with van der Waals surface area (Å²) in [5, 5.41) is 13.1. The number of hydrogen-bond donors (Lipinski definition) is 2. The average Bonchev–Trinajstić information content (AvgIpc) is 3.63. The van der Waals surface area contributed by atoms with Crippen molar-refractivity contribution in [3.8, 4) is 0 Å². The first-order valence-corrected chi connectivity index (χ1v) is 13.6. The molecule has 5 nitrogen and oxygen atoms in total.